The molecule has 2 unspecified atom stereocenters. The topological polar surface area (TPSA) is 58.6 Å². The van der Waals surface area contributed by atoms with Crippen molar-refractivity contribution in [3.05, 3.63) is 34.9 Å². The lowest BCUT2D eigenvalue weighted by molar-refractivity contribution is -0.0254. The molecule has 0 bridgehead atoms. The van der Waals surface area contributed by atoms with Crippen molar-refractivity contribution in [1.82, 2.24) is 5.32 Å². The van der Waals surface area contributed by atoms with Gasteiger partial charge in [0.05, 0.1) is 11.7 Å². The van der Waals surface area contributed by atoms with Gasteiger partial charge in [-0.05, 0) is 74.2 Å². The summed E-state index contributed by atoms with van der Waals surface area (Å²) in [4.78, 5) is 12.1. The maximum absolute atomic E-state index is 12.1. The number of ether oxygens (including phenoxy) is 1. The number of aliphatic hydroxyl groups is 1. The number of halogens is 1. The Kier molecular flexibility index (Phi) is 8.79. The third-order valence-corrected chi connectivity index (χ3v) is 6.35. The fourth-order valence-electron chi connectivity index (χ4n) is 4.12. The number of nitrogens with one attached hydrogen (secondary N) is 1. The standard InChI is InChI=1S/C14H18ClNO2.C9H18O/c1-10-8-11(9-15)2-3-13(10)14(17)18-12-4-6-16-7-5-12;1-7-5-4-6-9(2,3)8(7)10/h2-3,8,12,16H,4-7,9H2,1H3;7-8,10H,4-6H2,1-3H3. The van der Waals surface area contributed by atoms with E-state index >= 15 is 0 Å². The lowest BCUT2D eigenvalue weighted by Gasteiger charge is -2.39. The lowest BCUT2D eigenvalue weighted by Crippen LogP contribution is -2.38. The zero-order valence-electron chi connectivity index (χ0n) is 17.8. The summed E-state index contributed by atoms with van der Waals surface area (Å²) in [5, 5.41) is 13.0. The first-order valence-electron chi connectivity index (χ1n) is 10.5. The van der Waals surface area contributed by atoms with Crippen molar-refractivity contribution in [2.24, 2.45) is 11.3 Å². The molecule has 3 rings (SSSR count). The molecule has 1 aliphatic carbocycles. The monoisotopic (exact) mass is 409 g/mol. The van der Waals surface area contributed by atoms with Crippen LogP contribution in [0.3, 0.4) is 0 Å². The SMILES string of the molecule is CC1CCCC(C)(C)C1O.Cc1cc(CCl)ccc1C(=O)OC1CCNCC1. The van der Waals surface area contributed by atoms with Gasteiger partial charge in [-0.25, -0.2) is 4.79 Å². The van der Waals surface area contributed by atoms with Crippen LogP contribution in [0.5, 0.6) is 0 Å². The summed E-state index contributed by atoms with van der Waals surface area (Å²) in [6, 6.07) is 5.61. The first-order valence-corrected chi connectivity index (χ1v) is 11.0. The Hall–Kier alpha value is -1.10. The summed E-state index contributed by atoms with van der Waals surface area (Å²) in [6.07, 6.45) is 5.41. The number of aryl methyl sites for hydroxylation is 1. The number of carbonyl (C=O) groups excluding carboxylic acids is 1. The molecule has 1 aromatic carbocycles. The zero-order chi connectivity index (χ0) is 20.7. The predicted molar refractivity (Wildman–Crippen MR) is 115 cm³/mol. The summed E-state index contributed by atoms with van der Waals surface area (Å²) in [7, 11) is 0. The molecule has 1 heterocycles. The van der Waals surface area contributed by atoms with E-state index in [9.17, 15) is 9.90 Å². The van der Waals surface area contributed by atoms with E-state index in [1.807, 2.05) is 19.1 Å². The van der Waals surface area contributed by atoms with E-state index < -0.39 is 0 Å². The molecule has 5 heteroatoms. The minimum Gasteiger partial charge on any atom is -0.459 e. The van der Waals surface area contributed by atoms with Gasteiger partial charge in [-0.2, -0.15) is 0 Å². The van der Waals surface area contributed by atoms with Crippen molar-refractivity contribution in [2.75, 3.05) is 13.1 Å². The number of esters is 1. The molecule has 2 aliphatic rings. The van der Waals surface area contributed by atoms with E-state index in [1.54, 1.807) is 6.07 Å². The minimum atomic E-state index is -0.222. The van der Waals surface area contributed by atoms with E-state index in [1.165, 1.54) is 19.3 Å². The smallest absolute Gasteiger partial charge is 0.338 e. The second kappa shape index (κ2) is 10.6. The third kappa shape index (κ3) is 6.47. The van der Waals surface area contributed by atoms with E-state index in [2.05, 4.69) is 26.1 Å². The molecule has 1 saturated carbocycles. The molecule has 2 atom stereocenters. The summed E-state index contributed by atoms with van der Waals surface area (Å²) >= 11 is 5.76. The highest BCUT2D eigenvalue weighted by Crippen LogP contribution is 2.38. The lowest BCUT2D eigenvalue weighted by atomic mass is 9.70. The van der Waals surface area contributed by atoms with Gasteiger partial charge in [0.15, 0.2) is 0 Å². The fourth-order valence-corrected chi connectivity index (χ4v) is 4.29. The summed E-state index contributed by atoms with van der Waals surface area (Å²) < 4.78 is 5.52. The van der Waals surface area contributed by atoms with Crippen LogP contribution in [0.2, 0.25) is 0 Å². The van der Waals surface area contributed by atoms with Crippen molar-refractivity contribution in [2.45, 2.75) is 77.9 Å². The van der Waals surface area contributed by atoms with E-state index in [0.717, 1.165) is 37.1 Å². The number of carbonyl (C=O) groups is 1. The molecule has 158 valence electrons. The molecule has 1 aliphatic heterocycles. The largest absolute Gasteiger partial charge is 0.459 e. The highest BCUT2D eigenvalue weighted by atomic mass is 35.5. The Labute approximate surface area is 175 Å². The first-order chi connectivity index (χ1) is 13.2. The van der Waals surface area contributed by atoms with Crippen LogP contribution >= 0.6 is 11.6 Å². The van der Waals surface area contributed by atoms with Gasteiger partial charge in [-0.15, -0.1) is 11.6 Å². The number of hydrogen-bond donors (Lipinski definition) is 2. The fraction of sp³-hybridized carbons (Fsp3) is 0.696. The van der Waals surface area contributed by atoms with Gasteiger partial charge in [-0.1, -0.05) is 39.3 Å². The van der Waals surface area contributed by atoms with Crippen molar-refractivity contribution in [3.63, 3.8) is 0 Å². The second-order valence-electron chi connectivity index (χ2n) is 8.94. The number of rotatable bonds is 3. The molecule has 0 amide bonds. The van der Waals surface area contributed by atoms with Crippen LogP contribution in [-0.2, 0) is 10.6 Å². The minimum absolute atomic E-state index is 0.0471. The maximum atomic E-state index is 12.1. The molecule has 0 aromatic heterocycles. The van der Waals surface area contributed by atoms with Crippen LogP contribution in [0.25, 0.3) is 0 Å². The number of aliphatic hydroxyl groups excluding tert-OH is 1. The van der Waals surface area contributed by atoms with Crippen LogP contribution in [0.1, 0.15) is 74.4 Å². The van der Waals surface area contributed by atoms with Crippen molar-refractivity contribution < 1.29 is 14.6 Å². The summed E-state index contributed by atoms with van der Waals surface area (Å²) in [5.41, 5.74) is 2.75. The molecule has 1 aromatic rings. The zero-order valence-corrected chi connectivity index (χ0v) is 18.5. The molecule has 0 spiro atoms. The number of alkyl halides is 1. The number of benzene rings is 1. The van der Waals surface area contributed by atoms with Crippen LogP contribution in [0.4, 0.5) is 0 Å². The third-order valence-electron chi connectivity index (χ3n) is 6.05. The van der Waals surface area contributed by atoms with Crippen LogP contribution in [0, 0.1) is 18.3 Å². The Morgan fingerprint density at radius 1 is 1.29 bits per heavy atom. The van der Waals surface area contributed by atoms with E-state index in [-0.39, 0.29) is 23.6 Å². The highest BCUT2D eigenvalue weighted by molar-refractivity contribution is 6.17. The second-order valence-corrected chi connectivity index (χ2v) is 9.21. The van der Waals surface area contributed by atoms with E-state index in [0.29, 0.717) is 17.4 Å². The molecule has 1 saturated heterocycles. The van der Waals surface area contributed by atoms with Crippen molar-refractivity contribution in [3.8, 4) is 0 Å². The Balaban J connectivity index is 0.000000237. The van der Waals surface area contributed by atoms with Gasteiger partial charge in [-0.3, -0.25) is 0 Å². The number of hydrogen-bond acceptors (Lipinski definition) is 4. The molecular formula is C23H36ClNO3. The highest BCUT2D eigenvalue weighted by Gasteiger charge is 2.35. The van der Waals surface area contributed by atoms with Gasteiger partial charge in [0.1, 0.15) is 6.10 Å². The Bertz CT molecular complexity index is 641. The van der Waals surface area contributed by atoms with Crippen LogP contribution < -0.4 is 5.32 Å². The molecule has 28 heavy (non-hydrogen) atoms. The normalized spacial score (nSPS) is 24.8. The quantitative estimate of drug-likeness (QED) is 0.554. The van der Waals surface area contributed by atoms with Gasteiger partial charge >= 0.3 is 5.97 Å². The maximum Gasteiger partial charge on any atom is 0.338 e. The van der Waals surface area contributed by atoms with Gasteiger partial charge in [0.2, 0.25) is 0 Å². The van der Waals surface area contributed by atoms with Crippen LogP contribution in [-0.4, -0.2) is 36.4 Å². The number of piperidine rings is 1. The molecule has 2 N–H and O–H groups in total. The van der Waals surface area contributed by atoms with E-state index in [4.69, 9.17) is 16.3 Å². The van der Waals surface area contributed by atoms with Crippen molar-refractivity contribution in [1.29, 1.82) is 0 Å². The Morgan fingerprint density at radius 2 is 1.96 bits per heavy atom. The average Bonchev–Trinajstić information content (AvgIpc) is 2.67. The predicted octanol–water partition coefficient (Wildman–Crippen LogP) is 4.84. The molecule has 4 nitrogen and oxygen atoms in total. The van der Waals surface area contributed by atoms with Gasteiger partial charge < -0.3 is 15.2 Å². The molecular weight excluding hydrogens is 374 g/mol. The van der Waals surface area contributed by atoms with Gasteiger partial charge in [0, 0.05) is 5.88 Å². The summed E-state index contributed by atoms with van der Waals surface area (Å²) in [6.45, 7) is 10.2. The van der Waals surface area contributed by atoms with Crippen molar-refractivity contribution >= 4 is 17.6 Å². The average molecular weight is 410 g/mol. The molecule has 0 radical (unpaired) electrons. The van der Waals surface area contributed by atoms with Crippen LogP contribution in [0.15, 0.2) is 18.2 Å². The molecule has 2 fully saturated rings. The summed E-state index contributed by atoms with van der Waals surface area (Å²) in [5.74, 6) is 0.744. The van der Waals surface area contributed by atoms with Gasteiger partial charge in [0.25, 0.3) is 0 Å². The Morgan fingerprint density at radius 3 is 2.50 bits per heavy atom. The first kappa shape index (κ1) is 23.2.